The summed E-state index contributed by atoms with van der Waals surface area (Å²) in [6, 6.07) is 5.76. The van der Waals surface area contributed by atoms with E-state index in [9.17, 15) is 4.79 Å². The van der Waals surface area contributed by atoms with Gasteiger partial charge in [0.05, 0.1) is 22.8 Å². The molecule has 1 fully saturated rings. The van der Waals surface area contributed by atoms with E-state index >= 15 is 0 Å². The fraction of sp³-hybridized carbons (Fsp3) is 0.562. The molecule has 2 atom stereocenters. The molecule has 1 aromatic rings. The first kappa shape index (κ1) is 17.5. The fourth-order valence-corrected chi connectivity index (χ4v) is 3.02. The van der Waals surface area contributed by atoms with Crippen molar-refractivity contribution in [3.05, 3.63) is 33.8 Å². The molecule has 6 heteroatoms. The van der Waals surface area contributed by atoms with Gasteiger partial charge in [-0.2, -0.15) is 0 Å². The minimum atomic E-state index is 0.00415. The third-order valence-corrected chi connectivity index (χ3v) is 4.57. The van der Waals surface area contributed by atoms with E-state index in [1.807, 2.05) is 18.2 Å². The van der Waals surface area contributed by atoms with Crippen molar-refractivity contribution in [2.75, 3.05) is 26.2 Å². The van der Waals surface area contributed by atoms with Crippen LogP contribution in [-0.4, -0.2) is 38.3 Å². The summed E-state index contributed by atoms with van der Waals surface area (Å²) in [6.45, 7) is 4.60. The Hall–Kier alpha value is -0.810. The minimum Gasteiger partial charge on any atom is -0.376 e. The molecule has 122 valence electrons. The number of amides is 1. The van der Waals surface area contributed by atoms with Crippen LogP contribution < -0.4 is 10.6 Å². The van der Waals surface area contributed by atoms with Gasteiger partial charge in [0.2, 0.25) is 5.91 Å². The zero-order valence-electron chi connectivity index (χ0n) is 12.7. The second kappa shape index (κ2) is 8.73. The summed E-state index contributed by atoms with van der Waals surface area (Å²) >= 11 is 12.1. The monoisotopic (exact) mass is 344 g/mol. The predicted molar refractivity (Wildman–Crippen MR) is 89.7 cm³/mol. The molecular formula is C16H22Cl2N2O2. The molecule has 2 N–H and O–H groups in total. The molecule has 1 amide bonds. The van der Waals surface area contributed by atoms with E-state index < -0.39 is 0 Å². The van der Waals surface area contributed by atoms with E-state index in [0.29, 0.717) is 23.2 Å². The Kier molecular flexibility index (Phi) is 6.96. The summed E-state index contributed by atoms with van der Waals surface area (Å²) in [7, 11) is 0. The molecule has 22 heavy (non-hydrogen) atoms. The Balaban J connectivity index is 2.03. The van der Waals surface area contributed by atoms with Crippen LogP contribution in [0.4, 0.5) is 0 Å². The molecule has 1 aromatic carbocycles. The summed E-state index contributed by atoms with van der Waals surface area (Å²) < 4.78 is 6.00. The van der Waals surface area contributed by atoms with Gasteiger partial charge in [-0.15, -0.1) is 0 Å². The fourth-order valence-electron chi connectivity index (χ4n) is 2.72. The van der Waals surface area contributed by atoms with Gasteiger partial charge in [-0.25, -0.2) is 0 Å². The van der Waals surface area contributed by atoms with E-state index in [-0.39, 0.29) is 17.9 Å². The van der Waals surface area contributed by atoms with Gasteiger partial charge in [0.25, 0.3) is 0 Å². The summed E-state index contributed by atoms with van der Waals surface area (Å²) in [5.41, 5.74) is 1.13. The average molecular weight is 345 g/mol. The lowest BCUT2D eigenvalue weighted by atomic mass is 9.90. The van der Waals surface area contributed by atoms with E-state index in [0.717, 1.165) is 31.5 Å². The number of hydrogen-bond donors (Lipinski definition) is 2. The predicted octanol–water partition coefficient (Wildman–Crippen LogP) is 2.98. The molecule has 0 spiro atoms. The zero-order chi connectivity index (χ0) is 15.9. The van der Waals surface area contributed by atoms with Crippen molar-refractivity contribution in [2.45, 2.75) is 31.8 Å². The first-order chi connectivity index (χ1) is 10.6. The third kappa shape index (κ3) is 5.13. The molecule has 1 aliphatic heterocycles. The van der Waals surface area contributed by atoms with Crippen LogP contribution in [-0.2, 0) is 9.53 Å². The van der Waals surface area contributed by atoms with Crippen molar-refractivity contribution < 1.29 is 9.53 Å². The lowest BCUT2D eigenvalue weighted by Crippen LogP contribution is -2.28. The maximum Gasteiger partial charge on any atom is 0.216 e. The average Bonchev–Trinajstić information content (AvgIpc) is 2.72. The third-order valence-electron chi connectivity index (χ3n) is 3.83. The molecule has 1 unspecified atom stereocenters. The van der Waals surface area contributed by atoms with Crippen molar-refractivity contribution in [1.29, 1.82) is 0 Å². The standard InChI is InChI=1S/C16H22Cl2N2O2/c1-11(21)20-6-2-3-16-13(10-19-7-8-22-16)12-4-5-14(17)15(18)9-12/h4-5,9,13,16,19H,2-3,6-8,10H2,1H3,(H,20,21)/t13-,16?/m0/s1. The van der Waals surface area contributed by atoms with Crippen LogP contribution in [0.2, 0.25) is 10.0 Å². The lowest BCUT2D eigenvalue weighted by Gasteiger charge is -2.25. The topological polar surface area (TPSA) is 50.4 Å². The Morgan fingerprint density at radius 2 is 2.23 bits per heavy atom. The largest absolute Gasteiger partial charge is 0.376 e. The molecule has 0 aliphatic carbocycles. The summed E-state index contributed by atoms with van der Waals surface area (Å²) in [5, 5.41) is 7.36. The quantitative estimate of drug-likeness (QED) is 0.807. The van der Waals surface area contributed by atoms with Gasteiger partial charge in [-0.1, -0.05) is 29.3 Å². The number of halogens is 2. The van der Waals surface area contributed by atoms with Crippen molar-refractivity contribution in [1.82, 2.24) is 10.6 Å². The number of nitrogens with one attached hydrogen (secondary N) is 2. The highest BCUT2D eigenvalue weighted by Gasteiger charge is 2.26. The van der Waals surface area contributed by atoms with Gasteiger partial charge in [-0.3, -0.25) is 4.79 Å². The number of carbonyl (C=O) groups is 1. The van der Waals surface area contributed by atoms with Gasteiger partial charge in [0.15, 0.2) is 0 Å². The van der Waals surface area contributed by atoms with Crippen LogP contribution in [0.3, 0.4) is 0 Å². The van der Waals surface area contributed by atoms with E-state index in [1.54, 1.807) is 0 Å². The van der Waals surface area contributed by atoms with Crippen molar-refractivity contribution >= 4 is 29.1 Å². The van der Waals surface area contributed by atoms with Gasteiger partial charge in [0.1, 0.15) is 0 Å². The first-order valence-electron chi connectivity index (χ1n) is 7.59. The number of benzene rings is 1. The van der Waals surface area contributed by atoms with Crippen molar-refractivity contribution in [3.8, 4) is 0 Å². The number of ether oxygens (including phenoxy) is 1. The molecule has 0 bridgehead atoms. The molecule has 0 aromatic heterocycles. The molecule has 1 aliphatic rings. The molecule has 0 radical (unpaired) electrons. The second-order valence-electron chi connectivity index (χ2n) is 5.52. The molecular weight excluding hydrogens is 323 g/mol. The summed E-state index contributed by atoms with van der Waals surface area (Å²) in [6.07, 6.45) is 1.90. The van der Waals surface area contributed by atoms with Gasteiger partial charge >= 0.3 is 0 Å². The number of rotatable bonds is 5. The Labute approximate surface area is 141 Å². The summed E-state index contributed by atoms with van der Waals surface area (Å²) in [4.78, 5) is 10.9. The van der Waals surface area contributed by atoms with Crippen molar-refractivity contribution in [3.63, 3.8) is 0 Å². The molecule has 1 heterocycles. The number of carbonyl (C=O) groups excluding carboxylic acids is 1. The highest BCUT2D eigenvalue weighted by molar-refractivity contribution is 6.42. The zero-order valence-corrected chi connectivity index (χ0v) is 14.2. The maximum atomic E-state index is 10.9. The Bertz CT molecular complexity index is 511. The molecule has 2 rings (SSSR count). The van der Waals surface area contributed by atoms with Crippen LogP contribution in [0, 0.1) is 0 Å². The molecule has 0 saturated carbocycles. The van der Waals surface area contributed by atoms with Crippen LogP contribution in [0.15, 0.2) is 18.2 Å². The number of hydrogen-bond acceptors (Lipinski definition) is 3. The van der Waals surface area contributed by atoms with Gasteiger partial charge in [-0.05, 0) is 30.5 Å². The smallest absolute Gasteiger partial charge is 0.216 e. The lowest BCUT2D eigenvalue weighted by molar-refractivity contribution is -0.119. The van der Waals surface area contributed by atoms with Crippen molar-refractivity contribution in [2.24, 2.45) is 0 Å². The maximum absolute atomic E-state index is 10.9. The van der Waals surface area contributed by atoms with E-state index in [2.05, 4.69) is 10.6 Å². The van der Waals surface area contributed by atoms with Crippen LogP contribution in [0.5, 0.6) is 0 Å². The first-order valence-corrected chi connectivity index (χ1v) is 8.35. The minimum absolute atomic E-state index is 0.00415. The molecule has 4 nitrogen and oxygen atoms in total. The van der Waals surface area contributed by atoms with E-state index in [1.165, 1.54) is 6.92 Å². The van der Waals surface area contributed by atoms with Crippen LogP contribution in [0.25, 0.3) is 0 Å². The molecule has 1 saturated heterocycles. The van der Waals surface area contributed by atoms with E-state index in [4.69, 9.17) is 27.9 Å². The van der Waals surface area contributed by atoms with Crippen LogP contribution >= 0.6 is 23.2 Å². The SMILES string of the molecule is CC(=O)NCCCC1OCCNC[C@H]1c1ccc(Cl)c(Cl)c1. The highest BCUT2D eigenvalue weighted by Crippen LogP contribution is 2.31. The second-order valence-corrected chi connectivity index (χ2v) is 6.33. The normalized spacial score (nSPS) is 22.1. The highest BCUT2D eigenvalue weighted by atomic mass is 35.5. The Morgan fingerprint density at radius 1 is 1.41 bits per heavy atom. The van der Waals surface area contributed by atoms with Gasteiger partial charge in [0, 0.05) is 32.5 Å². The summed E-state index contributed by atoms with van der Waals surface area (Å²) in [5.74, 6) is 0.235. The van der Waals surface area contributed by atoms with Crippen LogP contribution in [0.1, 0.15) is 31.2 Å². The Morgan fingerprint density at radius 3 is 2.95 bits per heavy atom. The van der Waals surface area contributed by atoms with Gasteiger partial charge < -0.3 is 15.4 Å².